The second-order valence-electron chi connectivity index (χ2n) is 8.01. The molecule has 0 radical (unpaired) electrons. The second-order valence-corrected chi connectivity index (χ2v) is 8.41. The molecule has 0 fully saturated rings. The molecule has 1 aromatic heterocycles. The number of amides is 1. The van der Waals surface area contributed by atoms with Crippen LogP contribution >= 0.6 is 11.6 Å². The number of nitrogens with zero attached hydrogens (tertiary/aromatic N) is 3. The smallest absolute Gasteiger partial charge is 0.269 e. The number of benzene rings is 3. The van der Waals surface area contributed by atoms with Gasteiger partial charge in [0, 0.05) is 34.1 Å². The van der Waals surface area contributed by atoms with Crippen LogP contribution in [0.25, 0.3) is 11.0 Å². The number of methoxy groups -OCH3 is 1. The van der Waals surface area contributed by atoms with Crippen LogP contribution in [-0.4, -0.2) is 27.5 Å². The first-order valence-electron chi connectivity index (χ1n) is 10.7. The first kappa shape index (κ1) is 22.4. The van der Waals surface area contributed by atoms with Crippen LogP contribution in [0.2, 0.25) is 5.02 Å². The van der Waals surface area contributed by atoms with Gasteiger partial charge >= 0.3 is 0 Å². The first-order valence-corrected chi connectivity index (χ1v) is 11.1. The van der Waals surface area contributed by atoms with E-state index in [2.05, 4.69) is 15.6 Å². The number of aromatic nitrogens is 2. The fourth-order valence-electron chi connectivity index (χ4n) is 4.28. The van der Waals surface area contributed by atoms with Crippen molar-refractivity contribution in [1.82, 2.24) is 9.55 Å². The minimum Gasteiger partial charge on any atom is -0.497 e. The van der Waals surface area contributed by atoms with E-state index in [1.54, 1.807) is 38.3 Å². The van der Waals surface area contributed by atoms with E-state index in [4.69, 9.17) is 16.3 Å². The molecule has 176 valence electrons. The summed E-state index contributed by atoms with van der Waals surface area (Å²) in [6.45, 7) is 1.77. The van der Waals surface area contributed by atoms with E-state index in [1.165, 1.54) is 18.2 Å². The predicted molar refractivity (Wildman–Crippen MR) is 134 cm³/mol. The molecule has 0 spiro atoms. The summed E-state index contributed by atoms with van der Waals surface area (Å²) in [5.74, 6) is 0.793. The van der Waals surface area contributed by atoms with Crippen LogP contribution in [0, 0.1) is 10.1 Å². The Morgan fingerprint density at radius 2 is 1.91 bits per heavy atom. The summed E-state index contributed by atoms with van der Waals surface area (Å²) in [5, 5.41) is 18.0. The quantitative estimate of drug-likeness (QED) is 0.281. The average Bonchev–Trinajstić information content (AvgIpc) is 3.21. The Morgan fingerprint density at radius 1 is 1.17 bits per heavy atom. The summed E-state index contributed by atoms with van der Waals surface area (Å²) in [5.41, 5.74) is 3.26. The van der Waals surface area contributed by atoms with Gasteiger partial charge in [0.05, 0.1) is 34.7 Å². The molecular formula is C25H20ClN5O4. The van der Waals surface area contributed by atoms with Crippen LogP contribution in [0.4, 0.5) is 17.3 Å². The van der Waals surface area contributed by atoms with Gasteiger partial charge in [-0.05, 0) is 49.4 Å². The van der Waals surface area contributed by atoms with E-state index >= 15 is 0 Å². The maximum atomic E-state index is 13.7. The first-order chi connectivity index (χ1) is 16.9. The molecule has 0 bridgehead atoms. The monoisotopic (exact) mass is 489 g/mol. The second kappa shape index (κ2) is 8.77. The Balaban J connectivity index is 1.68. The fraction of sp³-hybridized carbons (Fsp3) is 0.120. The Morgan fingerprint density at radius 3 is 2.63 bits per heavy atom. The lowest BCUT2D eigenvalue weighted by molar-refractivity contribution is -0.384. The van der Waals surface area contributed by atoms with E-state index in [1.807, 2.05) is 28.8 Å². The summed E-state index contributed by atoms with van der Waals surface area (Å²) in [6.07, 6.45) is 0. The highest BCUT2D eigenvalue weighted by molar-refractivity contribution is 6.31. The highest BCUT2D eigenvalue weighted by Crippen LogP contribution is 2.42. The molecule has 2 N–H and O–H groups in total. The number of carbonyl (C=O) groups is 1. The molecule has 0 aliphatic carbocycles. The largest absolute Gasteiger partial charge is 0.497 e. The maximum absolute atomic E-state index is 13.7. The highest BCUT2D eigenvalue weighted by Gasteiger charge is 2.36. The van der Waals surface area contributed by atoms with Crippen molar-refractivity contribution in [2.45, 2.75) is 13.0 Å². The zero-order valence-corrected chi connectivity index (χ0v) is 19.5. The number of nitro benzene ring substituents is 1. The van der Waals surface area contributed by atoms with E-state index < -0.39 is 11.0 Å². The minimum absolute atomic E-state index is 0.124. The number of non-ortho nitro benzene ring substituents is 1. The zero-order valence-electron chi connectivity index (χ0n) is 18.8. The van der Waals surface area contributed by atoms with Crippen LogP contribution < -0.4 is 15.4 Å². The zero-order chi connectivity index (χ0) is 24.7. The van der Waals surface area contributed by atoms with Gasteiger partial charge in [-0.2, -0.15) is 0 Å². The van der Waals surface area contributed by atoms with Gasteiger partial charge in [-0.15, -0.1) is 0 Å². The Labute approximate surface area is 205 Å². The van der Waals surface area contributed by atoms with Crippen molar-refractivity contribution in [3.63, 3.8) is 0 Å². The van der Waals surface area contributed by atoms with E-state index in [-0.39, 0.29) is 11.6 Å². The van der Waals surface area contributed by atoms with Gasteiger partial charge < -0.3 is 15.4 Å². The third kappa shape index (κ3) is 3.95. The van der Waals surface area contributed by atoms with Crippen molar-refractivity contribution in [1.29, 1.82) is 0 Å². The number of carbonyl (C=O) groups excluding carboxylic acids is 1. The number of imidazole rings is 1. The molecule has 0 saturated heterocycles. The summed E-state index contributed by atoms with van der Waals surface area (Å²) < 4.78 is 7.03. The van der Waals surface area contributed by atoms with Crippen LogP contribution in [0.5, 0.6) is 5.75 Å². The van der Waals surface area contributed by atoms with Crippen LogP contribution in [0.15, 0.2) is 78.0 Å². The topological polar surface area (TPSA) is 111 Å². The Bertz CT molecular complexity index is 1510. The molecular weight excluding hydrogens is 470 g/mol. The molecule has 10 heteroatoms. The van der Waals surface area contributed by atoms with Gasteiger partial charge in [0.1, 0.15) is 5.75 Å². The number of hydrogen-bond donors (Lipinski definition) is 2. The molecule has 5 rings (SSSR count). The summed E-state index contributed by atoms with van der Waals surface area (Å²) in [6, 6.07) is 17.9. The van der Waals surface area contributed by atoms with Crippen LogP contribution in [0.1, 0.15) is 18.5 Å². The number of allylic oxidation sites excluding steroid dienone is 1. The van der Waals surface area contributed by atoms with Gasteiger partial charge in [0.25, 0.3) is 11.6 Å². The predicted octanol–water partition coefficient (Wildman–Crippen LogP) is 5.53. The number of rotatable bonds is 5. The van der Waals surface area contributed by atoms with Crippen molar-refractivity contribution >= 4 is 45.9 Å². The van der Waals surface area contributed by atoms with Crippen molar-refractivity contribution in [3.8, 4) is 5.75 Å². The van der Waals surface area contributed by atoms with Crippen molar-refractivity contribution in [2.24, 2.45) is 0 Å². The minimum atomic E-state index is -0.760. The van der Waals surface area contributed by atoms with E-state index in [0.717, 1.165) is 5.52 Å². The number of fused-ring (bicyclic) bond motifs is 3. The Kier molecular flexibility index (Phi) is 5.62. The summed E-state index contributed by atoms with van der Waals surface area (Å²) in [4.78, 5) is 29.4. The number of anilines is 2. The van der Waals surface area contributed by atoms with Crippen molar-refractivity contribution in [3.05, 3.63) is 98.7 Å². The molecule has 3 aromatic carbocycles. The van der Waals surface area contributed by atoms with Gasteiger partial charge in [-0.25, -0.2) is 4.98 Å². The summed E-state index contributed by atoms with van der Waals surface area (Å²) in [7, 11) is 1.57. The normalized spacial score (nSPS) is 14.9. The summed E-state index contributed by atoms with van der Waals surface area (Å²) >= 11 is 6.59. The molecule has 4 aromatic rings. The van der Waals surface area contributed by atoms with Crippen LogP contribution in [0.3, 0.4) is 0 Å². The molecule has 35 heavy (non-hydrogen) atoms. The van der Waals surface area contributed by atoms with Gasteiger partial charge in [0.15, 0.2) is 0 Å². The fourth-order valence-corrected chi connectivity index (χ4v) is 4.50. The van der Waals surface area contributed by atoms with Gasteiger partial charge in [-0.1, -0.05) is 23.7 Å². The molecule has 1 aliphatic rings. The average molecular weight is 490 g/mol. The number of para-hydroxylation sites is 2. The lowest BCUT2D eigenvalue weighted by Gasteiger charge is -2.31. The van der Waals surface area contributed by atoms with Crippen molar-refractivity contribution < 1.29 is 14.5 Å². The number of nitrogens with one attached hydrogen (secondary N) is 2. The van der Waals surface area contributed by atoms with Gasteiger partial charge in [0.2, 0.25) is 5.95 Å². The maximum Gasteiger partial charge on any atom is 0.269 e. The third-order valence-corrected chi connectivity index (χ3v) is 6.25. The SMILES string of the molecule is COc1ccc(NC(=O)C2=C(C)Nc3nc4ccccc4n3[C@H]2c2cc([N+](=O)[O-])ccc2Cl)cc1. The number of hydrogen-bond acceptors (Lipinski definition) is 6. The Hall–Kier alpha value is -4.37. The lowest BCUT2D eigenvalue weighted by atomic mass is 9.93. The van der Waals surface area contributed by atoms with Crippen molar-refractivity contribution in [2.75, 3.05) is 17.7 Å². The number of nitro groups is 1. The molecule has 2 heterocycles. The van der Waals surface area contributed by atoms with E-state index in [9.17, 15) is 14.9 Å². The standard InChI is InChI=1S/C25H20ClN5O4/c1-14-22(24(32)28-15-7-10-17(35-2)11-8-15)23(18-13-16(31(33)34)9-12-19(18)26)30-21-6-4-3-5-20(21)29-25(30)27-14/h3-13,23H,1-2H3,(H,27,29)(H,28,32)/t23-/m0/s1. The molecule has 0 saturated carbocycles. The number of ether oxygens (including phenoxy) is 1. The van der Waals surface area contributed by atoms with Crippen LogP contribution in [-0.2, 0) is 4.79 Å². The van der Waals surface area contributed by atoms with E-state index in [0.29, 0.717) is 44.8 Å². The molecule has 0 unspecified atom stereocenters. The lowest BCUT2D eigenvalue weighted by Crippen LogP contribution is -2.31. The molecule has 1 aliphatic heterocycles. The van der Waals surface area contributed by atoms with Gasteiger partial charge in [-0.3, -0.25) is 19.5 Å². The third-order valence-electron chi connectivity index (χ3n) is 5.91. The molecule has 9 nitrogen and oxygen atoms in total. The molecule has 1 atom stereocenters. The highest BCUT2D eigenvalue weighted by atomic mass is 35.5. The number of halogens is 1. The molecule has 1 amide bonds.